The molecule has 52 valence electrons. The lowest BCUT2D eigenvalue weighted by Crippen LogP contribution is -1.83. The first kappa shape index (κ1) is 8.68. The van der Waals surface area contributed by atoms with Crippen molar-refractivity contribution in [3.63, 3.8) is 0 Å². The topological polar surface area (TPSA) is 50.2 Å². The van der Waals surface area contributed by atoms with E-state index in [9.17, 15) is 0 Å². The van der Waals surface area contributed by atoms with Gasteiger partial charge in [-0.05, 0) is 12.1 Å². The Labute approximate surface area is 60.1 Å². The predicted molar refractivity (Wildman–Crippen MR) is 40.8 cm³/mol. The Balaban J connectivity index is 0.000000180. The van der Waals surface area contributed by atoms with Crippen LogP contribution in [-0.2, 0) is 0 Å². The maximum absolute atomic E-state index is 9.00. The van der Waals surface area contributed by atoms with E-state index in [1.807, 2.05) is 18.2 Å². The first-order chi connectivity index (χ1) is 4.73. The average molecular weight is 137 g/mol. The highest BCUT2D eigenvalue weighted by Gasteiger charge is 1.67. The van der Waals surface area contributed by atoms with E-state index in [4.69, 9.17) is 9.90 Å². The Hall–Kier alpha value is -1.32. The molecule has 1 N–H and O–H groups in total. The molecule has 1 rings (SSSR count). The number of aromatic nitrogens is 1. The van der Waals surface area contributed by atoms with E-state index >= 15 is 0 Å². The van der Waals surface area contributed by atoms with Gasteiger partial charge in [0.1, 0.15) is 0 Å². The number of nitrogens with zero attached hydrogens (tertiary/aromatic N) is 1. The van der Waals surface area contributed by atoms with Crippen LogP contribution in [0.25, 0.3) is 0 Å². The molecule has 0 bridgehead atoms. The van der Waals surface area contributed by atoms with Gasteiger partial charge in [0.05, 0.1) is 0 Å². The van der Waals surface area contributed by atoms with Crippen molar-refractivity contribution in [1.29, 1.82) is 0 Å². The molecule has 4 heteroatoms. The highest BCUT2D eigenvalue weighted by Crippen LogP contribution is 1.73. The Kier molecular flexibility index (Phi) is 5.05. The molecule has 0 unspecified atom stereocenters. The van der Waals surface area contributed by atoms with E-state index in [1.54, 1.807) is 12.4 Å². The van der Waals surface area contributed by atoms with E-state index in [0.29, 0.717) is 0 Å². The standard InChI is InChI=1S/C5H5N.CH3BO2/c1-2-4-6-5-3-1;2-1(3)4/h1-5H;2H2,(H,3,4). The third-order valence-corrected chi connectivity index (χ3v) is 0.566. The maximum atomic E-state index is 9.00. The van der Waals surface area contributed by atoms with Crippen LogP contribution < -0.4 is 0 Å². The van der Waals surface area contributed by atoms with E-state index < -0.39 is 5.87 Å². The van der Waals surface area contributed by atoms with Gasteiger partial charge in [0.2, 0.25) is 13.7 Å². The minimum Gasteiger partial charge on any atom is -0.490 e. The molecule has 1 aromatic rings. The third kappa shape index (κ3) is 9.84. The summed E-state index contributed by atoms with van der Waals surface area (Å²) in [4.78, 5) is 12.8. The second kappa shape index (κ2) is 5.82. The van der Waals surface area contributed by atoms with Crippen molar-refractivity contribution in [2.45, 2.75) is 0 Å². The van der Waals surface area contributed by atoms with Crippen molar-refractivity contribution in [3.8, 4) is 0 Å². The smallest absolute Gasteiger partial charge is 0.242 e. The fourth-order valence-corrected chi connectivity index (χ4v) is 0.313. The Morgan fingerprint density at radius 3 is 1.80 bits per heavy atom. The van der Waals surface area contributed by atoms with Crippen LogP contribution in [0, 0.1) is 0 Å². The molecule has 0 atom stereocenters. The minimum absolute atomic E-state index is 0.833. The van der Waals surface area contributed by atoms with E-state index in [1.165, 1.54) is 0 Å². The summed E-state index contributed by atoms with van der Waals surface area (Å²) in [5, 5.41) is 7.42. The third-order valence-electron chi connectivity index (χ3n) is 0.566. The maximum Gasteiger partial charge on any atom is 0.242 e. The fraction of sp³-hybridized carbons (Fsp3) is 0. The highest BCUT2D eigenvalue weighted by molar-refractivity contribution is 6.54. The summed E-state index contributed by atoms with van der Waals surface area (Å²) in [7, 11) is 1.08. The summed E-state index contributed by atoms with van der Waals surface area (Å²) in [6, 6.07) is 5.72. The number of rotatable bonds is 0. The lowest BCUT2D eigenvalue weighted by molar-refractivity contribution is 0.220. The van der Waals surface area contributed by atoms with Gasteiger partial charge in [-0.15, -0.1) is 0 Å². The largest absolute Gasteiger partial charge is 0.490 e. The Morgan fingerprint density at radius 1 is 1.30 bits per heavy atom. The fourth-order valence-electron chi connectivity index (χ4n) is 0.313. The first-order valence-electron chi connectivity index (χ1n) is 2.78. The monoisotopic (exact) mass is 137 g/mol. The number of pyridine rings is 1. The van der Waals surface area contributed by atoms with Crippen molar-refractivity contribution >= 4 is 13.7 Å². The highest BCUT2D eigenvalue weighted by atomic mass is 16.4. The van der Waals surface area contributed by atoms with Gasteiger partial charge in [0.25, 0.3) is 0 Å². The Morgan fingerprint density at radius 2 is 1.70 bits per heavy atom. The second-order valence-electron chi connectivity index (χ2n) is 1.54. The Bertz CT molecular complexity index is 148. The van der Waals surface area contributed by atoms with Crippen molar-refractivity contribution in [3.05, 3.63) is 30.6 Å². The zero-order valence-corrected chi connectivity index (χ0v) is 5.69. The molecular formula is C6H8BNO2. The normalized spacial score (nSPS) is 7.20. The zero-order chi connectivity index (χ0) is 7.82. The van der Waals surface area contributed by atoms with Crippen molar-refractivity contribution < 1.29 is 9.90 Å². The van der Waals surface area contributed by atoms with Crippen molar-refractivity contribution in [2.75, 3.05) is 0 Å². The SMILES string of the molecule is BC(=O)O.c1ccncc1. The van der Waals surface area contributed by atoms with Crippen LogP contribution in [0.15, 0.2) is 30.6 Å². The van der Waals surface area contributed by atoms with Gasteiger partial charge >= 0.3 is 0 Å². The molecule has 10 heavy (non-hydrogen) atoms. The molecule has 0 aliphatic heterocycles. The number of hydrogen-bond donors (Lipinski definition) is 1. The van der Waals surface area contributed by atoms with Gasteiger partial charge in [0, 0.05) is 12.4 Å². The van der Waals surface area contributed by atoms with Gasteiger partial charge in [0.15, 0.2) is 0 Å². The molecule has 3 nitrogen and oxygen atoms in total. The van der Waals surface area contributed by atoms with Crippen molar-refractivity contribution in [1.82, 2.24) is 4.98 Å². The molecule has 1 aromatic heterocycles. The van der Waals surface area contributed by atoms with E-state index in [2.05, 4.69) is 4.98 Å². The molecule has 0 spiro atoms. The second-order valence-corrected chi connectivity index (χ2v) is 1.54. The predicted octanol–water partition coefficient (Wildman–Crippen LogP) is 0.379. The lowest BCUT2D eigenvalue weighted by atomic mass is 10.2. The van der Waals surface area contributed by atoms with Gasteiger partial charge in [-0.1, -0.05) is 6.07 Å². The van der Waals surface area contributed by atoms with Gasteiger partial charge in [-0.25, -0.2) is 0 Å². The van der Waals surface area contributed by atoms with Crippen LogP contribution >= 0.6 is 0 Å². The summed E-state index contributed by atoms with van der Waals surface area (Å²) in [6.07, 6.45) is 3.50. The molecule has 0 saturated heterocycles. The number of carboxylic acid groups (broad SMARTS) is 1. The van der Waals surface area contributed by atoms with Gasteiger partial charge in [-0.2, -0.15) is 0 Å². The lowest BCUT2D eigenvalue weighted by Gasteiger charge is -1.70. The van der Waals surface area contributed by atoms with E-state index in [0.717, 1.165) is 7.85 Å². The molecule has 0 fully saturated rings. The average Bonchev–Trinajstić information content (AvgIpc) is 1.90. The van der Waals surface area contributed by atoms with Crippen molar-refractivity contribution in [2.24, 2.45) is 0 Å². The molecule has 0 amide bonds. The molecular weight excluding hydrogens is 129 g/mol. The van der Waals surface area contributed by atoms with Crippen LogP contribution in [-0.4, -0.2) is 23.8 Å². The van der Waals surface area contributed by atoms with Crippen LogP contribution in [0.1, 0.15) is 0 Å². The van der Waals surface area contributed by atoms with Crippen LogP contribution in [0.4, 0.5) is 4.79 Å². The number of hydrogen-bond acceptors (Lipinski definition) is 2. The molecule has 1 heterocycles. The van der Waals surface area contributed by atoms with Crippen LogP contribution in [0.2, 0.25) is 0 Å². The molecule has 0 aliphatic carbocycles. The molecule has 0 aliphatic rings. The van der Waals surface area contributed by atoms with Crippen LogP contribution in [0.3, 0.4) is 0 Å². The van der Waals surface area contributed by atoms with E-state index in [-0.39, 0.29) is 0 Å². The van der Waals surface area contributed by atoms with Gasteiger partial charge in [-0.3, -0.25) is 9.78 Å². The molecule has 0 radical (unpaired) electrons. The molecule has 0 aromatic carbocycles. The minimum atomic E-state index is -0.833. The quantitative estimate of drug-likeness (QED) is 0.525. The number of carbonyl (C=O) groups is 1. The summed E-state index contributed by atoms with van der Waals surface area (Å²) in [5.41, 5.74) is 0. The molecule has 0 saturated carbocycles. The zero-order valence-electron chi connectivity index (χ0n) is 5.69. The first-order valence-corrected chi connectivity index (χ1v) is 2.78. The van der Waals surface area contributed by atoms with Gasteiger partial charge < -0.3 is 5.11 Å². The summed E-state index contributed by atoms with van der Waals surface area (Å²) in [6.45, 7) is 0. The van der Waals surface area contributed by atoms with Crippen LogP contribution in [0.5, 0.6) is 0 Å². The summed E-state index contributed by atoms with van der Waals surface area (Å²) in [5.74, 6) is -0.833. The summed E-state index contributed by atoms with van der Waals surface area (Å²) < 4.78 is 0. The summed E-state index contributed by atoms with van der Waals surface area (Å²) >= 11 is 0.